The Morgan fingerprint density at radius 2 is 2.20 bits per heavy atom. The molecule has 0 unspecified atom stereocenters. The molecule has 0 heterocycles. The van der Waals surface area contributed by atoms with Gasteiger partial charge in [-0.25, -0.2) is 4.39 Å². The summed E-state index contributed by atoms with van der Waals surface area (Å²) < 4.78 is 13.8. The molecule has 0 aromatic heterocycles. The van der Waals surface area contributed by atoms with Crippen LogP contribution in [-0.4, -0.2) is 0 Å². The lowest BCUT2D eigenvalue weighted by atomic mass is 10.0. The van der Waals surface area contributed by atoms with Crippen molar-refractivity contribution in [2.75, 3.05) is 0 Å². The summed E-state index contributed by atoms with van der Waals surface area (Å²) in [5.41, 5.74) is 7.69. The minimum atomic E-state index is -0.264. The summed E-state index contributed by atoms with van der Waals surface area (Å²) in [7, 11) is 0. The molecule has 2 N–H and O–H groups in total. The van der Waals surface area contributed by atoms with Crippen molar-refractivity contribution in [1.29, 1.82) is 0 Å². The van der Waals surface area contributed by atoms with Gasteiger partial charge in [0.15, 0.2) is 0 Å². The van der Waals surface area contributed by atoms with Gasteiger partial charge in [-0.3, -0.25) is 0 Å². The maximum absolute atomic E-state index is 12.9. The first-order valence-electron chi connectivity index (χ1n) is 4.35. The van der Waals surface area contributed by atoms with Gasteiger partial charge in [0.05, 0.1) is 0 Å². The molecule has 0 aliphatic rings. The van der Waals surface area contributed by atoms with Crippen molar-refractivity contribution in [2.24, 2.45) is 5.73 Å². The highest BCUT2D eigenvalue weighted by Crippen LogP contribution is 2.26. The third kappa shape index (κ3) is 4.33. The summed E-state index contributed by atoms with van der Waals surface area (Å²) in [4.78, 5) is 0. The summed E-state index contributed by atoms with van der Waals surface area (Å²) in [6.45, 7) is 5.69. The summed E-state index contributed by atoms with van der Waals surface area (Å²) in [5.74, 6) is -0.264. The first kappa shape index (κ1) is 14.6. The molecule has 0 saturated carbocycles. The van der Waals surface area contributed by atoms with Gasteiger partial charge in [0.1, 0.15) is 5.82 Å². The van der Waals surface area contributed by atoms with Crippen LogP contribution in [0.2, 0.25) is 0 Å². The minimum Gasteiger partial charge on any atom is -0.324 e. The van der Waals surface area contributed by atoms with Crippen LogP contribution in [0.25, 0.3) is 0 Å². The van der Waals surface area contributed by atoms with Gasteiger partial charge in [0.25, 0.3) is 0 Å². The van der Waals surface area contributed by atoms with Crippen molar-refractivity contribution in [2.45, 2.75) is 19.4 Å². The second kappa shape index (κ2) is 6.26. The molecule has 15 heavy (non-hydrogen) atoms. The number of rotatable bonds is 3. The van der Waals surface area contributed by atoms with E-state index in [-0.39, 0.29) is 24.3 Å². The number of benzene rings is 1. The highest BCUT2D eigenvalue weighted by atomic mass is 79.9. The van der Waals surface area contributed by atoms with Crippen molar-refractivity contribution in [3.05, 3.63) is 46.2 Å². The van der Waals surface area contributed by atoms with Crippen LogP contribution in [0.3, 0.4) is 0 Å². The Morgan fingerprint density at radius 3 is 2.73 bits per heavy atom. The Balaban J connectivity index is 0.00000196. The fourth-order valence-electron chi connectivity index (χ4n) is 1.28. The molecule has 0 radical (unpaired) electrons. The normalized spacial score (nSPS) is 11.7. The number of hydrogen-bond acceptors (Lipinski definition) is 1. The Morgan fingerprint density at radius 1 is 1.60 bits per heavy atom. The van der Waals surface area contributed by atoms with Crippen LogP contribution >= 0.6 is 28.3 Å². The molecule has 0 amide bonds. The van der Waals surface area contributed by atoms with Crippen molar-refractivity contribution in [3.63, 3.8) is 0 Å². The first-order valence-corrected chi connectivity index (χ1v) is 5.15. The van der Waals surface area contributed by atoms with Gasteiger partial charge in [-0.15, -0.1) is 19.0 Å². The molecule has 1 aromatic rings. The van der Waals surface area contributed by atoms with Gasteiger partial charge in [-0.05, 0) is 37.1 Å². The van der Waals surface area contributed by atoms with E-state index in [4.69, 9.17) is 5.73 Å². The van der Waals surface area contributed by atoms with Crippen molar-refractivity contribution >= 4 is 28.3 Å². The SMILES string of the molecule is C=C(C)C[C@H](N)c1cc(F)ccc1Br.Cl. The Hall–Kier alpha value is -0.380. The first-order chi connectivity index (χ1) is 6.50. The second-order valence-corrected chi connectivity index (χ2v) is 4.29. The molecule has 0 aliphatic carbocycles. The number of halogens is 3. The molecule has 84 valence electrons. The molecule has 0 fully saturated rings. The Kier molecular flexibility index (Phi) is 6.10. The fraction of sp³-hybridized carbons (Fsp3) is 0.273. The van der Waals surface area contributed by atoms with Crippen LogP contribution in [0.4, 0.5) is 4.39 Å². The maximum Gasteiger partial charge on any atom is 0.123 e. The van der Waals surface area contributed by atoms with E-state index in [9.17, 15) is 4.39 Å². The number of hydrogen-bond donors (Lipinski definition) is 1. The average Bonchev–Trinajstić information content (AvgIpc) is 2.08. The Bertz CT molecular complexity index is 354. The van der Waals surface area contributed by atoms with E-state index < -0.39 is 0 Å². The third-order valence-corrected chi connectivity index (χ3v) is 2.65. The van der Waals surface area contributed by atoms with Gasteiger partial charge in [0, 0.05) is 10.5 Å². The van der Waals surface area contributed by atoms with E-state index in [0.29, 0.717) is 6.42 Å². The van der Waals surface area contributed by atoms with E-state index in [1.165, 1.54) is 12.1 Å². The molecule has 1 atom stereocenters. The summed E-state index contributed by atoms with van der Waals surface area (Å²) >= 11 is 3.34. The largest absolute Gasteiger partial charge is 0.324 e. The zero-order valence-electron chi connectivity index (χ0n) is 8.47. The molecule has 1 nitrogen and oxygen atoms in total. The molecule has 1 rings (SSSR count). The van der Waals surface area contributed by atoms with Crippen molar-refractivity contribution in [3.8, 4) is 0 Å². The smallest absolute Gasteiger partial charge is 0.123 e. The maximum atomic E-state index is 12.9. The van der Waals surface area contributed by atoms with E-state index in [0.717, 1.165) is 15.6 Å². The third-order valence-electron chi connectivity index (χ3n) is 1.93. The van der Waals surface area contributed by atoms with Crippen LogP contribution in [0, 0.1) is 5.82 Å². The van der Waals surface area contributed by atoms with E-state index in [1.54, 1.807) is 6.07 Å². The molecule has 0 spiro atoms. The lowest BCUT2D eigenvalue weighted by Gasteiger charge is -2.13. The zero-order chi connectivity index (χ0) is 10.7. The van der Waals surface area contributed by atoms with Crippen LogP contribution in [0.5, 0.6) is 0 Å². The molecule has 0 bridgehead atoms. The lowest BCUT2D eigenvalue weighted by molar-refractivity contribution is 0.617. The molecule has 1 aromatic carbocycles. The number of nitrogens with two attached hydrogens (primary N) is 1. The van der Waals surface area contributed by atoms with Gasteiger partial charge < -0.3 is 5.73 Å². The van der Waals surface area contributed by atoms with E-state index >= 15 is 0 Å². The lowest BCUT2D eigenvalue weighted by Crippen LogP contribution is -2.11. The van der Waals surface area contributed by atoms with Crippen LogP contribution in [-0.2, 0) is 0 Å². The van der Waals surface area contributed by atoms with E-state index in [2.05, 4.69) is 22.5 Å². The quantitative estimate of drug-likeness (QED) is 0.839. The predicted octanol–water partition coefficient (Wildman–Crippen LogP) is 3.98. The zero-order valence-corrected chi connectivity index (χ0v) is 10.9. The van der Waals surface area contributed by atoms with Crippen LogP contribution < -0.4 is 5.73 Å². The minimum absolute atomic E-state index is 0. The topological polar surface area (TPSA) is 26.0 Å². The van der Waals surface area contributed by atoms with Crippen molar-refractivity contribution in [1.82, 2.24) is 0 Å². The standard InChI is InChI=1S/C11H13BrFN.ClH/c1-7(2)5-11(14)9-6-8(13)3-4-10(9)12;/h3-4,6,11H,1,5,14H2,2H3;1H/t11-;/m0./s1. The highest BCUT2D eigenvalue weighted by Gasteiger charge is 2.10. The summed E-state index contributed by atoms with van der Waals surface area (Å²) in [6.07, 6.45) is 0.669. The van der Waals surface area contributed by atoms with Crippen LogP contribution in [0.1, 0.15) is 24.9 Å². The van der Waals surface area contributed by atoms with Gasteiger partial charge in [-0.2, -0.15) is 0 Å². The average molecular weight is 295 g/mol. The van der Waals surface area contributed by atoms with Gasteiger partial charge in [0.2, 0.25) is 0 Å². The molecular weight excluding hydrogens is 280 g/mol. The molecule has 0 aliphatic heterocycles. The highest BCUT2D eigenvalue weighted by molar-refractivity contribution is 9.10. The van der Waals surface area contributed by atoms with Gasteiger partial charge in [-0.1, -0.05) is 21.5 Å². The van der Waals surface area contributed by atoms with Crippen LogP contribution in [0.15, 0.2) is 34.8 Å². The summed E-state index contributed by atoms with van der Waals surface area (Å²) in [6, 6.07) is 4.33. The predicted molar refractivity (Wildman–Crippen MR) is 67.7 cm³/mol. The van der Waals surface area contributed by atoms with Crippen molar-refractivity contribution < 1.29 is 4.39 Å². The molecule has 4 heteroatoms. The molecular formula is C11H14BrClFN. The second-order valence-electron chi connectivity index (χ2n) is 3.43. The Labute approximate surface area is 104 Å². The van der Waals surface area contributed by atoms with Gasteiger partial charge >= 0.3 is 0 Å². The van der Waals surface area contributed by atoms with E-state index in [1.807, 2.05) is 6.92 Å². The monoisotopic (exact) mass is 293 g/mol. The fourth-order valence-corrected chi connectivity index (χ4v) is 1.82. The summed E-state index contributed by atoms with van der Waals surface area (Å²) in [5, 5.41) is 0. The molecule has 0 saturated heterocycles.